The molecule has 1 aliphatic rings. The topological polar surface area (TPSA) is 49.8 Å². The normalized spacial score (nSPS) is 20.3. The van der Waals surface area contributed by atoms with Gasteiger partial charge in [0.25, 0.3) is 0 Å². The van der Waals surface area contributed by atoms with E-state index in [1.165, 1.54) is 17.7 Å². The second-order valence-corrected chi connectivity index (χ2v) is 8.15. The van der Waals surface area contributed by atoms with E-state index in [9.17, 15) is 9.18 Å². The molecule has 0 bridgehead atoms. The van der Waals surface area contributed by atoms with Crippen LogP contribution < -0.4 is 0 Å². The van der Waals surface area contributed by atoms with Gasteiger partial charge in [-0.05, 0) is 49.5 Å². The van der Waals surface area contributed by atoms with Crippen molar-refractivity contribution in [3.05, 3.63) is 70.9 Å². The van der Waals surface area contributed by atoms with Gasteiger partial charge in [0.1, 0.15) is 5.76 Å². The average molecular weight is 422 g/mol. The molecule has 0 fully saturated rings. The van der Waals surface area contributed by atoms with Crippen LogP contribution in [0.1, 0.15) is 38.7 Å². The maximum absolute atomic E-state index is 12.9. The Morgan fingerprint density at radius 3 is 2.86 bits per heavy atom. The van der Waals surface area contributed by atoms with E-state index in [1.807, 2.05) is 18.2 Å². The summed E-state index contributed by atoms with van der Waals surface area (Å²) in [7, 11) is 0. The number of aliphatic carboxylic acids is 1. The van der Waals surface area contributed by atoms with E-state index in [2.05, 4.69) is 24.8 Å². The monoisotopic (exact) mass is 421 g/mol. The summed E-state index contributed by atoms with van der Waals surface area (Å²) < 4.78 is 18.9. The Hall–Kier alpha value is -2.27. The number of aryl methyl sites for hydroxylation is 1. The molecule has 1 aromatic rings. The first kappa shape index (κ1) is 23.0. The van der Waals surface area contributed by atoms with Gasteiger partial charge in [-0.1, -0.05) is 37.6 Å². The van der Waals surface area contributed by atoms with Gasteiger partial charge in [-0.25, -0.2) is 9.18 Å². The highest BCUT2D eigenvalue weighted by Gasteiger charge is 2.32. The van der Waals surface area contributed by atoms with Gasteiger partial charge < -0.3 is 14.7 Å². The summed E-state index contributed by atoms with van der Waals surface area (Å²) in [5.74, 6) is -0.692. The van der Waals surface area contributed by atoms with E-state index in [0.29, 0.717) is 30.9 Å². The minimum absolute atomic E-state index is 0.151. The van der Waals surface area contributed by atoms with Crippen molar-refractivity contribution >= 4 is 17.6 Å². The number of allylic oxidation sites excluding steroid dienone is 2. The zero-order valence-corrected chi connectivity index (χ0v) is 17.8. The third kappa shape index (κ3) is 7.24. The molecule has 0 spiro atoms. The second-order valence-electron chi connectivity index (χ2n) is 7.72. The highest BCUT2D eigenvalue weighted by molar-refractivity contribution is 6.30. The standard InChI is InChI=1S/C23H29ClFNO3/c1-3-14-26-16-23(2,12-5-7-18-6-4-8-19(24)15-18)17-29-21(11-13-25)20(26)9-10-22(27)28/h4,6,8-11,13,15H,3,5,7,12,14,16-17H2,1-2H3,(H,27,28)/b10-9+,13-11+. The summed E-state index contributed by atoms with van der Waals surface area (Å²) >= 11 is 6.07. The second kappa shape index (κ2) is 11.1. The van der Waals surface area contributed by atoms with Crippen LogP contribution in [-0.2, 0) is 16.0 Å². The number of ether oxygens (including phenoxy) is 1. The molecule has 0 amide bonds. The van der Waals surface area contributed by atoms with E-state index in [1.54, 1.807) is 0 Å². The van der Waals surface area contributed by atoms with Crippen LogP contribution in [0.5, 0.6) is 0 Å². The fraction of sp³-hybridized carbons (Fsp3) is 0.435. The molecule has 0 aliphatic carbocycles. The molecule has 4 nitrogen and oxygen atoms in total. The first-order valence-electron chi connectivity index (χ1n) is 9.91. The molecule has 1 N–H and O–H groups in total. The van der Waals surface area contributed by atoms with Gasteiger partial charge in [0, 0.05) is 35.7 Å². The minimum Gasteiger partial charge on any atom is -0.491 e. The van der Waals surface area contributed by atoms with Crippen LogP contribution in [0.3, 0.4) is 0 Å². The molecule has 158 valence electrons. The Labute approximate surface area is 177 Å². The summed E-state index contributed by atoms with van der Waals surface area (Å²) in [4.78, 5) is 13.1. The molecule has 1 aromatic carbocycles. The minimum atomic E-state index is -1.05. The molecule has 1 atom stereocenters. The molecule has 0 radical (unpaired) electrons. The number of carbonyl (C=O) groups is 1. The van der Waals surface area contributed by atoms with Crippen molar-refractivity contribution in [1.29, 1.82) is 0 Å². The van der Waals surface area contributed by atoms with Crippen LogP contribution >= 0.6 is 11.6 Å². The maximum atomic E-state index is 12.9. The van der Waals surface area contributed by atoms with Crippen molar-refractivity contribution < 1.29 is 19.0 Å². The van der Waals surface area contributed by atoms with Gasteiger partial charge in [-0.3, -0.25) is 0 Å². The fourth-order valence-electron chi connectivity index (χ4n) is 3.63. The Morgan fingerprint density at radius 2 is 2.21 bits per heavy atom. The van der Waals surface area contributed by atoms with Crippen LogP contribution in [0.25, 0.3) is 0 Å². The first-order chi connectivity index (χ1) is 13.9. The Kier molecular flexibility index (Phi) is 8.77. The lowest BCUT2D eigenvalue weighted by Gasteiger charge is -2.34. The molecule has 0 saturated carbocycles. The van der Waals surface area contributed by atoms with Gasteiger partial charge in [0.2, 0.25) is 0 Å². The van der Waals surface area contributed by atoms with E-state index >= 15 is 0 Å². The fourth-order valence-corrected chi connectivity index (χ4v) is 3.85. The Bertz CT molecular complexity index is 790. The highest BCUT2D eigenvalue weighted by Crippen LogP contribution is 2.33. The SMILES string of the molecule is CCCN1CC(C)(CCCc2cccc(Cl)c2)COC(/C=C/F)=C1/C=C/C(=O)O. The lowest BCUT2D eigenvalue weighted by Crippen LogP contribution is -2.36. The third-order valence-electron chi connectivity index (χ3n) is 4.97. The van der Waals surface area contributed by atoms with Crippen molar-refractivity contribution in [2.24, 2.45) is 5.41 Å². The summed E-state index contributed by atoms with van der Waals surface area (Å²) in [6, 6.07) is 7.88. The van der Waals surface area contributed by atoms with Crippen LogP contribution in [0.4, 0.5) is 4.39 Å². The maximum Gasteiger partial charge on any atom is 0.328 e. The number of hydrogen-bond acceptors (Lipinski definition) is 3. The molecule has 1 aliphatic heterocycles. The molecular weight excluding hydrogens is 393 g/mol. The lowest BCUT2D eigenvalue weighted by atomic mass is 9.84. The predicted octanol–water partition coefficient (Wildman–Crippen LogP) is 5.75. The van der Waals surface area contributed by atoms with Crippen molar-refractivity contribution in [2.45, 2.75) is 39.5 Å². The van der Waals surface area contributed by atoms with Crippen molar-refractivity contribution in [3.63, 3.8) is 0 Å². The van der Waals surface area contributed by atoms with Gasteiger partial charge >= 0.3 is 5.97 Å². The highest BCUT2D eigenvalue weighted by atomic mass is 35.5. The van der Waals surface area contributed by atoms with Gasteiger partial charge in [-0.2, -0.15) is 0 Å². The van der Waals surface area contributed by atoms with E-state index in [0.717, 1.165) is 43.3 Å². The van der Waals surface area contributed by atoms with Crippen LogP contribution in [0, 0.1) is 5.41 Å². The van der Waals surface area contributed by atoms with E-state index in [-0.39, 0.29) is 5.41 Å². The number of benzene rings is 1. The summed E-state index contributed by atoms with van der Waals surface area (Å²) in [5, 5.41) is 9.76. The van der Waals surface area contributed by atoms with Crippen molar-refractivity contribution in [2.75, 3.05) is 19.7 Å². The number of carboxylic acids is 1. The Balaban J connectivity index is 2.16. The predicted molar refractivity (Wildman–Crippen MR) is 114 cm³/mol. The van der Waals surface area contributed by atoms with Crippen LogP contribution in [0.15, 0.2) is 60.3 Å². The number of rotatable bonds is 9. The zero-order chi connectivity index (χ0) is 21.3. The molecule has 1 heterocycles. The van der Waals surface area contributed by atoms with Gasteiger partial charge in [0.05, 0.1) is 18.6 Å². The molecular formula is C23H29ClFNO3. The largest absolute Gasteiger partial charge is 0.491 e. The van der Waals surface area contributed by atoms with Crippen LogP contribution in [-0.4, -0.2) is 35.7 Å². The number of hydrogen-bond donors (Lipinski definition) is 1. The lowest BCUT2D eigenvalue weighted by molar-refractivity contribution is -0.131. The summed E-state index contributed by atoms with van der Waals surface area (Å²) in [6.07, 6.45) is 7.92. The summed E-state index contributed by atoms with van der Waals surface area (Å²) in [6.45, 7) is 6.10. The van der Waals surface area contributed by atoms with E-state index < -0.39 is 5.97 Å². The zero-order valence-electron chi connectivity index (χ0n) is 17.0. The van der Waals surface area contributed by atoms with E-state index in [4.69, 9.17) is 21.4 Å². The number of halogens is 2. The van der Waals surface area contributed by atoms with Gasteiger partial charge in [0.15, 0.2) is 0 Å². The molecule has 0 aromatic heterocycles. The molecule has 1 unspecified atom stereocenters. The van der Waals surface area contributed by atoms with Crippen molar-refractivity contribution in [1.82, 2.24) is 4.90 Å². The van der Waals surface area contributed by atoms with Crippen molar-refractivity contribution in [3.8, 4) is 0 Å². The number of nitrogens with zero attached hydrogens (tertiary/aromatic N) is 1. The molecule has 6 heteroatoms. The molecule has 29 heavy (non-hydrogen) atoms. The third-order valence-corrected chi connectivity index (χ3v) is 5.20. The van der Waals surface area contributed by atoms with Gasteiger partial charge in [-0.15, -0.1) is 0 Å². The quantitative estimate of drug-likeness (QED) is 0.516. The number of carboxylic acid groups (broad SMARTS) is 1. The Morgan fingerprint density at radius 1 is 1.41 bits per heavy atom. The average Bonchev–Trinajstić information content (AvgIpc) is 2.78. The molecule has 0 saturated heterocycles. The first-order valence-corrected chi connectivity index (χ1v) is 10.3. The van der Waals surface area contributed by atoms with Crippen LogP contribution in [0.2, 0.25) is 5.02 Å². The summed E-state index contributed by atoms with van der Waals surface area (Å²) in [5.41, 5.74) is 1.65. The smallest absolute Gasteiger partial charge is 0.328 e. The molecule has 2 rings (SSSR count).